The Bertz CT molecular complexity index is 742. The van der Waals surface area contributed by atoms with Crippen LogP contribution in [0, 0.1) is 0 Å². The molecule has 0 unspecified atom stereocenters. The molecule has 2 aromatic carbocycles. The molecule has 2 N–H and O–H groups in total. The van der Waals surface area contributed by atoms with E-state index < -0.39 is 0 Å². The summed E-state index contributed by atoms with van der Waals surface area (Å²) in [6.07, 6.45) is 0.944. The quantitative estimate of drug-likeness (QED) is 0.810. The number of ether oxygens (including phenoxy) is 2. The van der Waals surface area contributed by atoms with Crippen molar-refractivity contribution in [3.8, 4) is 11.5 Å². The zero-order valence-corrected chi connectivity index (χ0v) is 14.6. The number of nitrogens with one attached hydrogen (secondary N) is 2. The fraction of sp³-hybridized carbons (Fsp3) is 0.263. The van der Waals surface area contributed by atoms with E-state index in [0.29, 0.717) is 35.7 Å². The highest BCUT2D eigenvalue weighted by Gasteiger charge is 2.07. The number of aryl methyl sites for hydroxylation is 1. The van der Waals surface area contributed by atoms with E-state index in [2.05, 4.69) is 10.6 Å². The van der Waals surface area contributed by atoms with Crippen LogP contribution in [0.15, 0.2) is 42.5 Å². The second-order valence-corrected chi connectivity index (χ2v) is 5.50. The minimum absolute atomic E-state index is 0.0814. The molecule has 0 saturated carbocycles. The maximum atomic E-state index is 12.1. The Labute approximate surface area is 147 Å². The summed E-state index contributed by atoms with van der Waals surface area (Å²) < 4.78 is 10.5. The molecule has 0 spiro atoms. The van der Waals surface area contributed by atoms with E-state index >= 15 is 0 Å². The van der Waals surface area contributed by atoms with Crippen molar-refractivity contribution in [3.05, 3.63) is 48.0 Å². The van der Waals surface area contributed by atoms with Gasteiger partial charge in [-0.25, -0.2) is 0 Å². The van der Waals surface area contributed by atoms with Crippen molar-refractivity contribution < 1.29 is 19.1 Å². The first-order chi connectivity index (χ1) is 12.0. The van der Waals surface area contributed by atoms with E-state index in [1.165, 1.54) is 6.92 Å². The number of hydrogen-bond acceptors (Lipinski definition) is 4. The Balaban J connectivity index is 1.89. The van der Waals surface area contributed by atoms with E-state index in [-0.39, 0.29) is 11.8 Å². The molecule has 0 aromatic heterocycles. The summed E-state index contributed by atoms with van der Waals surface area (Å²) in [4.78, 5) is 23.1. The zero-order valence-electron chi connectivity index (χ0n) is 14.6. The molecule has 25 heavy (non-hydrogen) atoms. The van der Waals surface area contributed by atoms with Crippen LogP contribution in [-0.2, 0) is 16.0 Å². The number of amides is 2. The maximum absolute atomic E-state index is 12.1. The number of anilines is 2. The van der Waals surface area contributed by atoms with E-state index in [9.17, 15) is 9.59 Å². The molecule has 132 valence electrons. The lowest BCUT2D eigenvalue weighted by atomic mass is 10.1. The van der Waals surface area contributed by atoms with E-state index in [1.807, 2.05) is 18.2 Å². The van der Waals surface area contributed by atoms with Crippen molar-refractivity contribution in [2.75, 3.05) is 24.9 Å². The smallest absolute Gasteiger partial charge is 0.224 e. The fourth-order valence-electron chi connectivity index (χ4n) is 2.36. The van der Waals surface area contributed by atoms with Crippen LogP contribution < -0.4 is 20.1 Å². The highest BCUT2D eigenvalue weighted by atomic mass is 16.5. The minimum atomic E-state index is -0.133. The number of carbonyl (C=O) groups is 2. The standard InChI is InChI=1S/C19H22N2O4/c1-13(22)20-15-6-8-16(9-7-15)21-19(23)11-5-14-4-10-17(24-2)18(12-14)25-3/h4,6-10,12H,5,11H2,1-3H3,(H,20,22)(H,21,23). The summed E-state index contributed by atoms with van der Waals surface area (Å²) in [7, 11) is 3.17. The third kappa shape index (κ3) is 5.53. The Morgan fingerprint density at radius 1 is 0.880 bits per heavy atom. The van der Waals surface area contributed by atoms with Crippen molar-refractivity contribution in [1.29, 1.82) is 0 Å². The summed E-state index contributed by atoms with van der Waals surface area (Å²) in [6, 6.07) is 12.6. The topological polar surface area (TPSA) is 76.7 Å². The van der Waals surface area contributed by atoms with Crippen molar-refractivity contribution >= 4 is 23.2 Å². The molecule has 0 atom stereocenters. The fourth-order valence-corrected chi connectivity index (χ4v) is 2.36. The Morgan fingerprint density at radius 3 is 2.04 bits per heavy atom. The van der Waals surface area contributed by atoms with Gasteiger partial charge in [0.2, 0.25) is 11.8 Å². The van der Waals surface area contributed by atoms with E-state index in [0.717, 1.165) is 5.56 Å². The highest BCUT2D eigenvalue weighted by Crippen LogP contribution is 2.28. The summed E-state index contributed by atoms with van der Waals surface area (Å²) in [6.45, 7) is 1.45. The van der Waals surface area contributed by atoms with Gasteiger partial charge in [0.15, 0.2) is 11.5 Å². The van der Waals surface area contributed by atoms with Gasteiger partial charge in [0.05, 0.1) is 14.2 Å². The molecule has 0 heterocycles. The molecule has 0 aliphatic heterocycles. The van der Waals surface area contributed by atoms with Gasteiger partial charge in [0, 0.05) is 24.7 Å². The van der Waals surface area contributed by atoms with Crippen molar-refractivity contribution in [3.63, 3.8) is 0 Å². The predicted octanol–water partition coefficient (Wildman–Crippen LogP) is 3.23. The molecule has 2 amide bonds. The van der Waals surface area contributed by atoms with E-state index in [1.54, 1.807) is 38.5 Å². The second-order valence-electron chi connectivity index (χ2n) is 5.50. The SMILES string of the molecule is COc1ccc(CCC(=O)Nc2ccc(NC(C)=O)cc2)cc1OC. The average molecular weight is 342 g/mol. The number of benzene rings is 2. The maximum Gasteiger partial charge on any atom is 0.224 e. The first-order valence-corrected chi connectivity index (χ1v) is 7.90. The lowest BCUT2D eigenvalue weighted by molar-refractivity contribution is -0.116. The first-order valence-electron chi connectivity index (χ1n) is 7.90. The summed E-state index contributed by atoms with van der Waals surface area (Å²) in [5.74, 6) is 1.10. The highest BCUT2D eigenvalue weighted by molar-refractivity contribution is 5.92. The lowest BCUT2D eigenvalue weighted by Gasteiger charge is -2.10. The second kappa shape index (κ2) is 8.73. The van der Waals surface area contributed by atoms with Gasteiger partial charge in [-0.2, -0.15) is 0 Å². The van der Waals surface area contributed by atoms with Gasteiger partial charge in [-0.3, -0.25) is 9.59 Å². The van der Waals surface area contributed by atoms with Gasteiger partial charge in [-0.15, -0.1) is 0 Å². The molecule has 0 bridgehead atoms. The molecule has 0 aliphatic carbocycles. The Kier molecular flexibility index (Phi) is 6.39. The number of methoxy groups -OCH3 is 2. The van der Waals surface area contributed by atoms with Gasteiger partial charge in [0.1, 0.15) is 0 Å². The van der Waals surface area contributed by atoms with Crippen molar-refractivity contribution in [2.45, 2.75) is 19.8 Å². The minimum Gasteiger partial charge on any atom is -0.493 e. The number of carbonyl (C=O) groups excluding carboxylic acids is 2. The largest absolute Gasteiger partial charge is 0.493 e. The van der Waals surface area contributed by atoms with Gasteiger partial charge in [0.25, 0.3) is 0 Å². The molecule has 6 heteroatoms. The lowest BCUT2D eigenvalue weighted by Crippen LogP contribution is -2.12. The van der Waals surface area contributed by atoms with Crippen molar-refractivity contribution in [2.24, 2.45) is 0 Å². The molecule has 0 saturated heterocycles. The summed E-state index contributed by atoms with van der Waals surface area (Å²) in [5.41, 5.74) is 2.37. The van der Waals surface area contributed by atoms with Crippen LogP contribution in [0.4, 0.5) is 11.4 Å². The molecule has 0 radical (unpaired) electrons. The van der Waals surface area contributed by atoms with Crippen LogP contribution in [0.5, 0.6) is 11.5 Å². The van der Waals surface area contributed by atoms with Gasteiger partial charge in [-0.05, 0) is 48.4 Å². The third-order valence-electron chi connectivity index (χ3n) is 3.58. The molecular weight excluding hydrogens is 320 g/mol. The Morgan fingerprint density at radius 2 is 1.48 bits per heavy atom. The third-order valence-corrected chi connectivity index (χ3v) is 3.58. The first kappa shape index (κ1) is 18.3. The zero-order chi connectivity index (χ0) is 18.2. The molecule has 6 nitrogen and oxygen atoms in total. The molecule has 0 aliphatic rings. The molecular formula is C19H22N2O4. The summed E-state index contributed by atoms with van der Waals surface area (Å²) >= 11 is 0. The number of rotatable bonds is 7. The molecule has 2 aromatic rings. The van der Waals surface area contributed by atoms with Crippen LogP contribution in [0.1, 0.15) is 18.9 Å². The van der Waals surface area contributed by atoms with Crippen LogP contribution in [0.3, 0.4) is 0 Å². The molecule has 0 fully saturated rings. The van der Waals surface area contributed by atoms with Crippen LogP contribution >= 0.6 is 0 Å². The number of hydrogen-bond donors (Lipinski definition) is 2. The normalized spacial score (nSPS) is 10.0. The van der Waals surface area contributed by atoms with Crippen LogP contribution in [0.2, 0.25) is 0 Å². The predicted molar refractivity (Wildman–Crippen MR) is 97.2 cm³/mol. The van der Waals surface area contributed by atoms with Crippen molar-refractivity contribution in [1.82, 2.24) is 0 Å². The van der Waals surface area contributed by atoms with Gasteiger partial charge < -0.3 is 20.1 Å². The van der Waals surface area contributed by atoms with Gasteiger partial charge >= 0.3 is 0 Å². The van der Waals surface area contributed by atoms with Crippen LogP contribution in [0.25, 0.3) is 0 Å². The molecule has 2 rings (SSSR count). The monoisotopic (exact) mass is 342 g/mol. The van der Waals surface area contributed by atoms with Gasteiger partial charge in [-0.1, -0.05) is 6.07 Å². The summed E-state index contributed by atoms with van der Waals surface area (Å²) in [5, 5.41) is 5.51. The van der Waals surface area contributed by atoms with E-state index in [4.69, 9.17) is 9.47 Å². The Hall–Kier alpha value is -3.02. The average Bonchev–Trinajstić information content (AvgIpc) is 2.61. The van der Waals surface area contributed by atoms with Crippen LogP contribution in [-0.4, -0.2) is 26.0 Å².